The molecule has 0 unspecified atom stereocenters. The predicted octanol–water partition coefficient (Wildman–Crippen LogP) is 3.14. The number of carbonyl (C=O) groups excluding carboxylic acids is 1. The van der Waals surface area contributed by atoms with Gasteiger partial charge in [0.1, 0.15) is 11.6 Å². The average Bonchev–Trinajstić information content (AvgIpc) is 2.54. The Hall–Kier alpha value is -2.64. The van der Waals surface area contributed by atoms with Gasteiger partial charge in [0.15, 0.2) is 0 Å². The molecular formula is C16H15F4N3O. The van der Waals surface area contributed by atoms with Crippen LogP contribution in [-0.4, -0.2) is 17.9 Å². The molecule has 0 aliphatic rings. The van der Waals surface area contributed by atoms with Crippen molar-refractivity contribution in [3.63, 3.8) is 0 Å². The molecule has 1 amide bonds. The minimum absolute atomic E-state index is 0.0816. The van der Waals surface area contributed by atoms with Gasteiger partial charge in [-0.15, -0.1) is 0 Å². The third kappa shape index (κ3) is 4.68. The van der Waals surface area contributed by atoms with E-state index in [-0.39, 0.29) is 18.5 Å². The van der Waals surface area contributed by atoms with E-state index in [4.69, 9.17) is 0 Å². The molecule has 0 radical (unpaired) electrons. The van der Waals surface area contributed by atoms with Crippen molar-refractivity contribution in [1.29, 1.82) is 0 Å². The SMILES string of the molecule is CNc1cccc(CNC(=O)Cc2ccc(F)c(C(F)(F)F)c2)n1. The molecule has 0 aliphatic carbocycles. The summed E-state index contributed by atoms with van der Waals surface area (Å²) in [6.07, 6.45) is -5.08. The van der Waals surface area contributed by atoms with E-state index in [1.807, 2.05) is 0 Å². The van der Waals surface area contributed by atoms with Gasteiger partial charge in [-0.3, -0.25) is 4.79 Å². The van der Waals surface area contributed by atoms with Crippen molar-refractivity contribution in [2.75, 3.05) is 12.4 Å². The Bertz CT molecular complexity index is 732. The molecule has 1 aromatic heterocycles. The van der Waals surface area contributed by atoms with Crippen LogP contribution >= 0.6 is 0 Å². The van der Waals surface area contributed by atoms with E-state index in [0.717, 1.165) is 6.07 Å². The summed E-state index contributed by atoms with van der Waals surface area (Å²) in [5, 5.41) is 5.42. The highest BCUT2D eigenvalue weighted by atomic mass is 19.4. The number of pyridine rings is 1. The summed E-state index contributed by atoms with van der Waals surface area (Å²) in [7, 11) is 1.71. The number of hydrogen-bond donors (Lipinski definition) is 2. The number of alkyl halides is 3. The van der Waals surface area contributed by atoms with E-state index in [9.17, 15) is 22.4 Å². The maximum absolute atomic E-state index is 13.2. The van der Waals surface area contributed by atoms with Crippen LogP contribution in [0.3, 0.4) is 0 Å². The number of amides is 1. The molecular weight excluding hydrogens is 326 g/mol. The predicted molar refractivity (Wildman–Crippen MR) is 80.7 cm³/mol. The molecule has 0 spiro atoms. The maximum atomic E-state index is 13.2. The van der Waals surface area contributed by atoms with Crippen molar-refractivity contribution < 1.29 is 22.4 Å². The Morgan fingerprint density at radius 2 is 1.96 bits per heavy atom. The van der Waals surface area contributed by atoms with Gasteiger partial charge in [-0.1, -0.05) is 12.1 Å². The lowest BCUT2D eigenvalue weighted by molar-refractivity contribution is -0.140. The third-order valence-corrected chi connectivity index (χ3v) is 3.23. The number of nitrogens with zero attached hydrogens (tertiary/aromatic N) is 1. The highest BCUT2D eigenvalue weighted by Gasteiger charge is 2.34. The second-order valence-corrected chi connectivity index (χ2v) is 5.03. The topological polar surface area (TPSA) is 54.0 Å². The molecule has 24 heavy (non-hydrogen) atoms. The van der Waals surface area contributed by atoms with Crippen LogP contribution in [-0.2, 0) is 23.9 Å². The summed E-state index contributed by atoms with van der Waals surface area (Å²) in [5.74, 6) is -1.21. The molecule has 0 bridgehead atoms. The van der Waals surface area contributed by atoms with Crippen molar-refractivity contribution >= 4 is 11.7 Å². The largest absolute Gasteiger partial charge is 0.419 e. The quantitative estimate of drug-likeness (QED) is 0.822. The maximum Gasteiger partial charge on any atom is 0.419 e. The van der Waals surface area contributed by atoms with Crippen molar-refractivity contribution in [1.82, 2.24) is 10.3 Å². The number of rotatable bonds is 5. The van der Waals surface area contributed by atoms with Crippen LogP contribution in [0.25, 0.3) is 0 Å². The first-order chi connectivity index (χ1) is 11.3. The summed E-state index contributed by atoms with van der Waals surface area (Å²) in [5.41, 5.74) is -0.695. The molecule has 1 aromatic carbocycles. The number of nitrogens with one attached hydrogen (secondary N) is 2. The second-order valence-electron chi connectivity index (χ2n) is 5.03. The summed E-state index contributed by atoms with van der Waals surface area (Å²) in [4.78, 5) is 16.1. The van der Waals surface area contributed by atoms with Crippen molar-refractivity contribution in [2.45, 2.75) is 19.1 Å². The van der Waals surface area contributed by atoms with Crippen LogP contribution < -0.4 is 10.6 Å². The Kier molecular flexibility index (Phi) is 5.38. The van der Waals surface area contributed by atoms with E-state index >= 15 is 0 Å². The van der Waals surface area contributed by atoms with Gasteiger partial charge in [-0.05, 0) is 29.8 Å². The Labute approximate surface area is 135 Å². The molecule has 8 heteroatoms. The zero-order valence-corrected chi connectivity index (χ0v) is 12.7. The summed E-state index contributed by atoms with van der Waals surface area (Å²) in [6, 6.07) is 7.74. The first-order valence-electron chi connectivity index (χ1n) is 7.05. The monoisotopic (exact) mass is 341 g/mol. The molecule has 1 heterocycles. The fraction of sp³-hybridized carbons (Fsp3) is 0.250. The van der Waals surface area contributed by atoms with Gasteiger partial charge in [0.2, 0.25) is 5.91 Å². The van der Waals surface area contributed by atoms with Crippen LogP contribution in [0.1, 0.15) is 16.8 Å². The zero-order chi connectivity index (χ0) is 17.7. The number of benzene rings is 1. The summed E-state index contributed by atoms with van der Waals surface area (Å²) >= 11 is 0. The molecule has 2 aromatic rings. The van der Waals surface area contributed by atoms with Crippen molar-refractivity contribution in [2.24, 2.45) is 0 Å². The minimum atomic E-state index is -4.80. The molecule has 0 aliphatic heterocycles. The van der Waals surface area contributed by atoms with Gasteiger partial charge in [-0.25, -0.2) is 9.37 Å². The number of carbonyl (C=O) groups is 1. The standard InChI is InChI=1S/C16H15F4N3O/c1-21-14-4-2-3-11(23-14)9-22-15(24)8-10-5-6-13(17)12(7-10)16(18,19)20/h2-7H,8-9H2,1H3,(H,21,23)(H,22,24). The summed E-state index contributed by atoms with van der Waals surface area (Å²) < 4.78 is 51.2. The van der Waals surface area contributed by atoms with Gasteiger partial charge in [-0.2, -0.15) is 13.2 Å². The smallest absolute Gasteiger partial charge is 0.373 e. The molecule has 4 nitrogen and oxygen atoms in total. The Morgan fingerprint density at radius 3 is 2.62 bits per heavy atom. The number of hydrogen-bond acceptors (Lipinski definition) is 3. The van der Waals surface area contributed by atoms with Gasteiger partial charge < -0.3 is 10.6 Å². The lowest BCUT2D eigenvalue weighted by Gasteiger charge is -2.10. The molecule has 0 saturated carbocycles. The third-order valence-electron chi connectivity index (χ3n) is 3.23. The van der Waals surface area contributed by atoms with Gasteiger partial charge >= 0.3 is 6.18 Å². The molecule has 2 rings (SSSR count). The first kappa shape index (κ1) is 17.7. The Morgan fingerprint density at radius 1 is 1.21 bits per heavy atom. The van der Waals surface area contributed by atoms with Gasteiger partial charge in [0, 0.05) is 7.05 Å². The average molecular weight is 341 g/mol. The fourth-order valence-corrected chi connectivity index (χ4v) is 2.05. The fourth-order valence-electron chi connectivity index (χ4n) is 2.05. The van der Waals surface area contributed by atoms with E-state index < -0.39 is 23.5 Å². The van der Waals surface area contributed by atoms with Crippen LogP contribution in [0.15, 0.2) is 36.4 Å². The van der Waals surface area contributed by atoms with Crippen molar-refractivity contribution in [3.8, 4) is 0 Å². The number of aromatic nitrogens is 1. The minimum Gasteiger partial charge on any atom is -0.373 e. The highest BCUT2D eigenvalue weighted by Crippen LogP contribution is 2.31. The van der Waals surface area contributed by atoms with Crippen LogP contribution in [0.2, 0.25) is 0 Å². The van der Waals surface area contributed by atoms with E-state index in [1.54, 1.807) is 25.2 Å². The first-order valence-corrected chi connectivity index (χ1v) is 7.05. The van der Waals surface area contributed by atoms with E-state index in [1.165, 1.54) is 0 Å². The molecule has 2 N–H and O–H groups in total. The van der Waals surface area contributed by atoms with Gasteiger partial charge in [0.05, 0.1) is 24.2 Å². The van der Waals surface area contributed by atoms with Crippen LogP contribution in [0.5, 0.6) is 0 Å². The van der Waals surface area contributed by atoms with E-state index in [2.05, 4.69) is 15.6 Å². The lowest BCUT2D eigenvalue weighted by atomic mass is 10.1. The molecule has 0 fully saturated rings. The van der Waals surface area contributed by atoms with Gasteiger partial charge in [0.25, 0.3) is 0 Å². The van der Waals surface area contributed by atoms with Crippen LogP contribution in [0, 0.1) is 5.82 Å². The van der Waals surface area contributed by atoms with Crippen LogP contribution in [0.4, 0.5) is 23.4 Å². The number of halogens is 4. The normalized spacial score (nSPS) is 11.2. The highest BCUT2D eigenvalue weighted by molar-refractivity contribution is 5.78. The lowest BCUT2D eigenvalue weighted by Crippen LogP contribution is -2.25. The molecule has 0 saturated heterocycles. The molecule has 0 atom stereocenters. The summed E-state index contributed by atoms with van der Waals surface area (Å²) in [6.45, 7) is 0.141. The second kappa shape index (κ2) is 7.29. The van der Waals surface area contributed by atoms with E-state index in [0.29, 0.717) is 23.6 Å². The molecule has 128 valence electrons. The number of anilines is 1. The van der Waals surface area contributed by atoms with Crippen molar-refractivity contribution in [3.05, 3.63) is 59.0 Å². The Balaban J connectivity index is 1.99. The zero-order valence-electron chi connectivity index (χ0n) is 12.7.